The first-order valence-electron chi connectivity index (χ1n) is 8.10. The van der Waals surface area contributed by atoms with Crippen molar-refractivity contribution in [1.29, 1.82) is 0 Å². The number of nitrogens with zero attached hydrogens (tertiary/aromatic N) is 4. The van der Waals surface area contributed by atoms with Gasteiger partial charge in [-0.15, -0.1) is 0 Å². The summed E-state index contributed by atoms with van der Waals surface area (Å²) in [6.07, 6.45) is 2.17. The van der Waals surface area contributed by atoms with Gasteiger partial charge in [0.05, 0.1) is 12.5 Å². The molecule has 0 spiro atoms. The molecule has 0 bridgehead atoms. The van der Waals surface area contributed by atoms with Crippen LogP contribution in [0, 0.1) is 11.8 Å². The average Bonchev–Trinajstić information content (AvgIpc) is 2.82. The minimum Gasteiger partial charge on any atom is -0.291 e. The van der Waals surface area contributed by atoms with Gasteiger partial charge in [-0.2, -0.15) is 5.10 Å². The predicted octanol–water partition coefficient (Wildman–Crippen LogP) is 2.62. The molecular formula is C18H25N5. The Hall–Kier alpha value is -2.14. The molecular weight excluding hydrogens is 286 g/mol. The summed E-state index contributed by atoms with van der Waals surface area (Å²) in [6, 6.07) is 10.2. The molecule has 2 atom stereocenters. The van der Waals surface area contributed by atoms with E-state index in [1.54, 1.807) is 5.01 Å². The molecule has 3 rings (SSSR count). The van der Waals surface area contributed by atoms with Crippen LogP contribution in [0.3, 0.4) is 0 Å². The maximum atomic E-state index is 6.31. The van der Waals surface area contributed by atoms with Gasteiger partial charge in [0, 0.05) is 12.8 Å². The third-order valence-corrected chi connectivity index (χ3v) is 4.52. The molecule has 0 saturated heterocycles. The summed E-state index contributed by atoms with van der Waals surface area (Å²) < 4.78 is 0. The number of hydrazone groups is 1. The molecule has 2 N–H and O–H groups in total. The Bertz CT molecular complexity index is 659. The molecule has 0 radical (unpaired) electrons. The molecule has 1 aromatic carbocycles. The van der Waals surface area contributed by atoms with Crippen molar-refractivity contribution >= 4 is 11.5 Å². The van der Waals surface area contributed by atoms with E-state index in [-0.39, 0.29) is 12.1 Å². The molecule has 0 aromatic heterocycles. The Labute approximate surface area is 138 Å². The largest absolute Gasteiger partial charge is 0.291 e. The second kappa shape index (κ2) is 6.16. The molecule has 2 heterocycles. The van der Waals surface area contributed by atoms with E-state index in [0.29, 0.717) is 12.5 Å². The van der Waals surface area contributed by atoms with Crippen LogP contribution in [-0.2, 0) is 6.54 Å². The third-order valence-electron chi connectivity index (χ3n) is 4.52. The van der Waals surface area contributed by atoms with Gasteiger partial charge in [-0.1, -0.05) is 49.8 Å². The van der Waals surface area contributed by atoms with Crippen molar-refractivity contribution in [3.63, 3.8) is 0 Å². The SMILES string of the molecule is CC1=NN(C)C2N=C(N(N)Cc3ccccc3)C=C(C(C)C)C12. The van der Waals surface area contributed by atoms with Crippen LogP contribution in [0.15, 0.2) is 52.1 Å². The van der Waals surface area contributed by atoms with Crippen LogP contribution in [0.1, 0.15) is 26.3 Å². The molecule has 2 aliphatic rings. The fourth-order valence-corrected chi connectivity index (χ4v) is 3.33. The molecule has 23 heavy (non-hydrogen) atoms. The third kappa shape index (κ3) is 3.01. The highest BCUT2D eigenvalue weighted by Crippen LogP contribution is 2.35. The maximum Gasteiger partial charge on any atom is 0.150 e. The van der Waals surface area contributed by atoms with E-state index in [1.807, 2.05) is 30.3 Å². The van der Waals surface area contributed by atoms with E-state index in [2.05, 4.69) is 44.1 Å². The topological polar surface area (TPSA) is 57.2 Å². The summed E-state index contributed by atoms with van der Waals surface area (Å²) in [4.78, 5) is 4.86. The fourth-order valence-electron chi connectivity index (χ4n) is 3.33. The zero-order valence-electron chi connectivity index (χ0n) is 14.3. The number of benzene rings is 1. The monoisotopic (exact) mass is 311 g/mol. The fraction of sp³-hybridized carbons (Fsp3) is 0.444. The zero-order chi connectivity index (χ0) is 16.6. The van der Waals surface area contributed by atoms with Crippen LogP contribution in [0.5, 0.6) is 0 Å². The summed E-state index contributed by atoms with van der Waals surface area (Å²) in [7, 11) is 1.98. The van der Waals surface area contributed by atoms with Crippen molar-refractivity contribution in [1.82, 2.24) is 10.0 Å². The van der Waals surface area contributed by atoms with Gasteiger partial charge in [0.25, 0.3) is 0 Å². The van der Waals surface area contributed by atoms with E-state index >= 15 is 0 Å². The number of hydrogen-bond acceptors (Lipinski definition) is 5. The Balaban J connectivity index is 1.87. The number of nitrogens with two attached hydrogens (primary N) is 1. The molecule has 0 aliphatic carbocycles. The molecule has 0 fully saturated rings. The smallest absolute Gasteiger partial charge is 0.150 e. The summed E-state index contributed by atoms with van der Waals surface area (Å²) in [5.74, 6) is 7.85. The van der Waals surface area contributed by atoms with Gasteiger partial charge in [-0.05, 0) is 24.5 Å². The normalized spacial score (nSPS) is 23.4. The average molecular weight is 311 g/mol. The highest BCUT2D eigenvalue weighted by Gasteiger charge is 2.39. The summed E-state index contributed by atoms with van der Waals surface area (Å²) in [6.45, 7) is 7.16. The van der Waals surface area contributed by atoms with E-state index in [9.17, 15) is 0 Å². The lowest BCUT2D eigenvalue weighted by Gasteiger charge is -2.32. The lowest BCUT2D eigenvalue weighted by Crippen LogP contribution is -2.43. The number of dihydropyridines is 1. The van der Waals surface area contributed by atoms with Crippen molar-refractivity contribution in [3.05, 3.63) is 47.5 Å². The zero-order valence-corrected chi connectivity index (χ0v) is 14.3. The quantitative estimate of drug-likeness (QED) is 0.689. The molecule has 1 aromatic rings. The van der Waals surface area contributed by atoms with Crippen molar-refractivity contribution in [2.45, 2.75) is 33.5 Å². The summed E-state index contributed by atoms with van der Waals surface area (Å²) in [5.41, 5.74) is 3.66. The molecule has 5 nitrogen and oxygen atoms in total. The van der Waals surface area contributed by atoms with Gasteiger partial charge in [0.2, 0.25) is 0 Å². The summed E-state index contributed by atoms with van der Waals surface area (Å²) in [5, 5.41) is 8.27. The van der Waals surface area contributed by atoms with Gasteiger partial charge in [-0.3, -0.25) is 10.0 Å². The van der Waals surface area contributed by atoms with Crippen LogP contribution < -0.4 is 5.84 Å². The van der Waals surface area contributed by atoms with Gasteiger partial charge in [0.1, 0.15) is 5.84 Å². The number of rotatable bonds is 3. The number of hydrazine groups is 1. The van der Waals surface area contributed by atoms with E-state index < -0.39 is 0 Å². The molecule has 0 saturated carbocycles. The van der Waals surface area contributed by atoms with Crippen molar-refractivity contribution in [3.8, 4) is 0 Å². The van der Waals surface area contributed by atoms with Gasteiger partial charge in [0.15, 0.2) is 6.17 Å². The first-order valence-corrected chi connectivity index (χ1v) is 8.10. The molecule has 5 heteroatoms. The van der Waals surface area contributed by atoms with Crippen molar-refractivity contribution < 1.29 is 0 Å². The van der Waals surface area contributed by atoms with Crippen LogP contribution >= 0.6 is 0 Å². The lowest BCUT2D eigenvalue weighted by molar-refractivity contribution is 0.255. The van der Waals surface area contributed by atoms with Gasteiger partial charge in [-0.25, -0.2) is 10.8 Å². The van der Waals surface area contributed by atoms with Gasteiger partial charge >= 0.3 is 0 Å². The minimum absolute atomic E-state index is 0.0224. The van der Waals surface area contributed by atoms with Crippen LogP contribution in [-0.4, -0.2) is 34.8 Å². The number of fused-ring (bicyclic) bond motifs is 1. The Morgan fingerprint density at radius 1 is 1.26 bits per heavy atom. The Morgan fingerprint density at radius 3 is 2.61 bits per heavy atom. The van der Waals surface area contributed by atoms with Crippen molar-refractivity contribution in [2.24, 2.45) is 27.8 Å². The highest BCUT2D eigenvalue weighted by molar-refractivity contribution is 5.98. The molecule has 2 aliphatic heterocycles. The highest BCUT2D eigenvalue weighted by atomic mass is 15.5. The lowest BCUT2D eigenvalue weighted by atomic mass is 9.83. The Kier molecular flexibility index (Phi) is 4.22. The van der Waals surface area contributed by atoms with Crippen LogP contribution in [0.4, 0.5) is 0 Å². The number of aliphatic imine (C=N–C) groups is 1. The minimum atomic E-state index is 0.0224. The number of amidine groups is 1. The predicted molar refractivity (Wildman–Crippen MR) is 94.7 cm³/mol. The second-order valence-electron chi connectivity index (χ2n) is 6.61. The van der Waals surface area contributed by atoms with Crippen molar-refractivity contribution in [2.75, 3.05) is 7.05 Å². The van der Waals surface area contributed by atoms with E-state index in [4.69, 9.17) is 10.8 Å². The Morgan fingerprint density at radius 2 is 1.96 bits per heavy atom. The summed E-state index contributed by atoms with van der Waals surface area (Å²) >= 11 is 0. The van der Waals surface area contributed by atoms with Crippen LogP contribution in [0.25, 0.3) is 0 Å². The first kappa shape index (κ1) is 15.7. The molecule has 0 amide bonds. The van der Waals surface area contributed by atoms with Crippen LogP contribution in [0.2, 0.25) is 0 Å². The first-order chi connectivity index (χ1) is 11.0. The van der Waals surface area contributed by atoms with Gasteiger partial charge < -0.3 is 0 Å². The maximum absolute atomic E-state index is 6.31. The second-order valence-corrected chi connectivity index (χ2v) is 6.61. The molecule has 122 valence electrons. The van der Waals surface area contributed by atoms with E-state index in [1.165, 1.54) is 11.1 Å². The number of hydrogen-bond donors (Lipinski definition) is 1. The standard InChI is InChI=1S/C18H25N5/c1-12(2)15-10-16(20-18-17(15)13(3)21-22(18)4)23(19)11-14-8-6-5-7-9-14/h5-10,12,17-18H,11,19H2,1-4H3. The van der Waals surface area contributed by atoms with E-state index in [0.717, 1.165) is 11.5 Å². The molecule has 2 unspecified atom stereocenters.